The first-order valence-electron chi connectivity index (χ1n) is 12.8. The number of ether oxygens (including phenoxy) is 2. The van der Waals surface area contributed by atoms with Crippen LogP contribution in [0.4, 0.5) is 5.69 Å². The molecule has 1 atom stereocenters. The van der Waals surface area contributed by atoms with E-state index in [2.05, 4.69) is 0 Å². The van der Waals surface area contributed by atoms with Gasteiger partial charge in [-0.3, -0.25) is 24.2 Å². The maximum absolute atomic E-state index is 14.3. The van der Waals surface area contributed by atoms with Gasteiger partial charge in [0, 0.05) is 11.1 Å². The van der Waals surface area contributed by atoms with E-state index in [4.69, 9.17) is 21.7 Å². The number of esters is 2. The third kappa shape index (κ3) is 4.48. The van der Waals surface area contributed by atoms with E-state index >= 15 is 0 Å². The third-order valence-corrected chi connectivity index (χ3v) is 10.6. The molecule has 0 bridgehead atoms. The summed E-state index contributed by atoms with van der Waals surface area (Å²) in [5.74, 6) is -2.91. The number of amides is 3. The van der Waals surface area contributed by atoms with Crippen LogP contribution in [0.15, 0.2) is 56.5 Å². The van der Waals surface area contributed by atoms with Gasteiger partial charge in [-0.15, -0.1) is 0 Å². The highest BCUT2D eigenvalue weighted by molar-refractivity contribution is 8.29. The second-order valence-corrected chi connectivity index (χ2v) is 13.0. The number of thiocarbonyl (C=S) groups is 1. The molecule has 0 aliphatic carbocycles. The number of aryl methyl sites for hydroxylation is 1. The van der Waals surface area contributed by atoms with Crippen molar-refractivity contribution in [2.24, 2.45) is 0 Å². The van der Waals surface area contributed by atoms with Crippen LogP contribution in [-0.2, 0) is 23.9 Å². The third-order valence-electron chi connectivity index (χ3n) is 7.34. The van der Waals surface area contributed by atoms with Crippen LogP contribution in [0.5, 0.6) is 0 Å². The maximum Gasteiger partial charge on any atom is 0.346 e. The molecule has 42 heavy (non-hydrogen) atoms. The molecule has 12 heteroatoms. The van der Waals surface area contributed by atoms with Crippen molar-refractivity contribution in [2.45, 2.75) is 39.3 Å². The quantitative estimate of drug-likeness (QED) is 0.203. The minimum Gasteiger partial charge on any atom is -0.465 e. The number of anilines is 1. The molecule has 3 aliphatic heterocycles. The van der Waals surface area contributed by atoms with E-state index in [0.29, 0.717) is 25.9 Å². The Morgan fingerprint density at radius 2 is 1.40 bits per heavy atom. The zero-order valence-corrected chi connectivity index (χ0v) is 26.0. The van der Waals surface area contributed by atoms with Crippen LogP contribution in [0, 0.1) is 6.92 Å². The second-order valence-electron chi connectivity index (χ2n) is 10.3. The normalized spacial score (nSPS) is 18.3. The smallest absolute Gasteiger partial charge is 0.346 e. The van der Waals surface area contributed by atoms with Gasteiger partial charge in [0.25, 0.3) is 17.7 Å². The summed E-state index contributed by atoms with van der Waals surface area (Å²) in [5, 5.41) is 0. The Hall–Kier alpha value is -3.74. The van der Waals surface area contributed by atoms with Crippen molar-refractivity contribution in [3.05, 3.63) is 78.8 Å². The minimum atomic E-state index is -1.13. The van der Waals surface area contributed by atoms with Crippen LogP contribution in [0.1, 0.15) is 52.6 Å². The molecule has 0 saturated heterocycles. The fourth-order valence-electron chi connectivity index (χ4n) is 5.18. The van der Waals surface area contributed by atoms with Crippen molar-refractivity contribution in [1.29, 1.82) is 0 Å². The molecule has 3 heterocycles. The standard InChI is InChI=1S/C30H26N2O7S3/c1-14-11-12-19-18(13-14)20(29-41-21(27(36)38-5)22(42-29)28(37)39-6)23(40)30(3,4)32(19)24(33)15(2)31-25(34)16-9-7-8-10-17(16)26(31)35/h7-13,15H,1-6H3/t15-/m0/s1. The zero-order valence-electron chi connectivity index (χ0n) is 23.6. The average molecular weight is 623 g/mol. The second kappa shape index (κ2) is 10.8. The summed E-state index contributed by atoms with van der Waals surface area (Å²) in [6.45, 7) is 6.99. The van der Waals surface area contributed by atoms with E-state index in [0.717, 1.165) is 34.0 Å². The number of carbonyl (C=O) groups is 5. The number of methoxy groups -OCH3 is 2. The number of nitrogens with zero attached hydrogens (tertiary/aromatic N) is 2. The lowest BCUT2D eigenvalue weighted by Gasteiger charge is -2.46. The molecule has 9 nitrogen and oxygen atoms in total. The van der Waals surface area contributed by atoms with Crippen LogP contribution in [0.2, 0.25) is 0 Å². The van der Waals surface area contributed by atoms with Crippen molar-refractivity contribution in [3.8, 4) is 0 Å². The van der Waals surface area contributed by atoms with Gasteiger partial charge in [0.1, 0.15) is 15.9 Å². The summed E-state index contributed by atoms with van der Waals surface area (Å²) in [5.41, 5.74) is 2.02. The molecule has 3 amide bonds. The van der Waals surface area contributed by atoms with Gasteiger partial charge in [-0.25, -0.2) is 9.59 Å². The van der Waals surface area contributed by atoms with Crippen molar-refractivity contribution in [1.82, 2.24) is 4.90 Å². The van der Waals surface area contributed by atoms with Crippen molar-refractivity contribution >= 4 is 81.5 Å². The molecule has 3 aliphatic rings. The highest BCUT2D eigenvalue weighted by atomic mass is 32.2. The first kappa shape index (κ1) is 29.7. The van der Waals surface area contributed by atoms with Gasteiger partial charge in [0.15, 0.2) is 0 Å². The summed E-state index contributed by atoms with van der Waals surface area (Å²) >= 11 is 8.16. The SMILES string of the molecule is COC(=O)C1=C(C(=O)OC)SC(=C2C(=S)C(C)(C)N(C(=O)[C@H](C)N3C(=O)c4ccccc4C3=O)c3ccc(C)cc32)S1. The van der Waals surface area contributed by atoms with Crippen molar-refractivity contribution < 1.29 is 33.4 Å². The zero-order chi connectivity index (χ0) is 30.7. The van der Waals surface area contributed by atoms with Gasteiger partial charge in [-0.1, -0.05) is 59.5 Å². The number of benzene rings is 2. The molecule has 0 unspecified atom stereocenters. The highest BCUT2D eigenvalue weighted by Gasteiger charge is 2.49. The molecule has 2 aromatic carbocycles. The van der Waals surface area contributed by atoms with E-state index < -0.39 is 41.2 Å². The Bertz CT molecular complexity index is 1630. The monoisotopic (exact) mass is 622 g/mol. The van der Waals surface area contributed by atoms with E-state index in [-0.39, 0.29) is 20.9 Å². The molecule has 0 spiro atoms. The lowest BCUT2D eigenvalue weighted by molar-refractivity contribution is -0.138. The first-order chi connectivity index (χ1) is 19.8. The number of thioether (sulfide) groups is 2. The summed E-state index contributed by atoms with van der Waals surface area (Å²) in [4.78, 5) is 68.9. The molecule has 0 radical (unpaired) electrons. The largest absolute Gasteiger partial charge is 0.465 e. The fourth-order valence-corrected chi connectivity index (χ4v) is 8.22. The van der Waals surface area contributed by atoms with Crippen molar-refractivity contribution in [3.63, 3.8) is 0 Å². The Kier molecular flexibility index (Phi) is 7.67. The Morgan fingerprint density at radius 3 is 1.90 bits per heavy atom. The number of hydrogen-bond donors (Lipinski definition) is 0. The van der Waals surface area contributed by atoms with E-state index in [1.54, 1.807) is 44.2 Å². The number of carbonyl (C=O) groups excluding carboxylic acids is 5. The maximum atomic E-state index is 14.3. The summed E-state index contributed by atoms with van der Waals surface area (Å²) < 4.78 is 10.4. The number of rotatable bonds is 4. The van der Waals surface area contributed by atoms with Crippen LogP contribution in [0.3, 0.4) is 0 Å². The van der Waals surface area contributed by atoms with E-state index in [1.807, 2.05) is 19.1 Å². The fraction of sp³-hybridized carbons (Fsp3) is 0.267. The van der Waals surface area contributed by atoms with E-state index in [9.17, 15) is 24.0 Å². The Morgan fingerprint density at radius 1 is 0.881 bits per heavy atom. The molecule has 2 aromatic rings. The van der Waals surface area contributed by atoms with Gasteiger partial charge in [0.05, 0.1) is 45.7 Å². The molecule has 0 fully saturated rings. The van der Waals surface area contributed by atoms with Gasteiger partial charge < -0.3 is 9.47 Å². The van der Waals surface area contributed by atoms with Crippen LogP contribution in [-0.4, -0.2) is 65.2 Å². The molecule has 0 saturated carbocycles. The topological polar surface area (TPSA) is 110 Å². The summed E-state index contributed by atoms with van der Waals surface area (Å²) in [6, 6.07) is 10.9. The summed E-state index contributed by atoms with van der Waals surface area (Å²) in [6.07, 6.45) is 0. The van der Waals surface area contributed by atoms with Crippen LogP contribution < -0.4 is 4.90 Å². The summed E-state index contributed by atoms with van der Waals surface area (Å²) in [7, 11) is 2.46. The first-order valence-corrected chi connectivity index (χ1v) is 14.9. The average Bonchev–Trinajstić information content (AvgIpc) is 3.51. The number of hydrogen-bond acceptors (Lipinski definition) is 10. The molecular formula is C30H26N2O7S3. The van der Waals surface area contributed by atoms with Gasteiger partial charge in [0.2, 0.25) is 0 Å². The highest BCUT2D eigenvalue weighted by Crippen LogP contribution is 2.56. The molecule has 0 aromatic heterocycles. The van der Waals surface area contributed by atoms with Gasteiger partial charge in [-0.05, 0) is 52.0 Å². The van der Waals surface area contributed by atoms with E-state index in [1.165, 1.54) is 26.0 Å². The predicted molar refractivity (Wildman–Crippen MR) is 165 cm³/mol. The lowest BCUT2D eigenvalue weighted by Crippen LogP contribution is -2.61. The number of imide groups is 1. The molecule has 5 rings (SSSR count). The minimum absolute atomic E-state index is 0.0874. The predicted octanol–water partition coefficient (Wildman–Crippen LogP) is 4.88. The van der Waals surface area contributed by atoms with Crippen molar-refractivity contribution in [2.75, 3.05) is 19.1 Å². The number of fused-ring (bicyclic) bond motifs is 2. The Balaban J connectivity index is 1.61. The lowest BCUT2D eigenvalue weighted by atomic mass is 9.82. The van der Waals surface area contributed by atoms with Crippen LogP contribution in [0.25, 0.3) is 5.57 Å². The van der Waals surface area contributed by atoms with Gasteiger partial charge in [-0.2, -0.15) is 0 Å². The molecule has 0 N–H and O–H groups in total. The molecular weight excluding hydrogens is 597 g/mol. The van der Waals surface area contributed by atoms with Gasteiger partial charge >= 0.3 is 11.9 Å². The van der Waals surface area contributed by atoms with Crippen LogP contribution >= 0.6 is 35.7 Å². The Labute approximate surface area is 256 Å². The molecule has 216 valence electrons.